The van der Waals surface area contributed by atoms with Gasteiger partial charge in [-0.05, 0) is 56.2 Å². The Morgan fingerprint density at radius 2 is 2.00 bits per heavy atom. The first-order valence-corrected chi connectivity index (χ1v) is 9.44. The van der Waals surface area contributed by atoms with Gasteiger partial charge in [-0.25, -0.2) is 8.42 Å². The summed E-state index contributed by atoms with van der Waals surface area (Å²) >= 11 is 0. The van der Waals surface area contributed by atoms with Gasteiger partial charge in [0.05, 0.1) is 0 Å². The van der Waals surface area contributed by atoms with Gasteiger partial charge in [0.1, 0.15) is 16.7 Å². The zero-order valence-corrected chi connectivity index (χ0v) is 13.5. The smallest absolute Gasteiger partial charge is 0.264 e. The minimum absolute atomic E-state index is 0.0830. The van der Waals surface area contributed by atoms with Crippen LogP contribution in [0.3, 0.4) is 0 Å². The monoisotopic (exact) mass is 316 g/mol. The Morgan fingerprint density at radius 3 is 2.65 bits per heavy atom. The Morgan fingerprint density at radius 1 is 1.30 bits per heavy atom. The summed E-state index contributed by atoms with van der Waals surface area (Å²) in [4.78, 5) is 0.0830. The zero-order valence-electron chi connectivity index (χ0n) is 11.9. The second-order valence-electron chi connectivity index (χ2n) is 5.50. The summed E-state index contributed by atoms with van der Waals surface area (Å²) in [7, 11) is 1.73. The molecule has 0 radical (unpaired) electrons. The minimum atomic E-state index is -3.78. The molecule has 1 aromatic carbocycles. The number of hydrogen-bond donors (Lipinski definition) is 0. The number of hydrogen-bond acceptors (Lipinski definition) is 3. The Balaban J connectivity index is 2.29. The third kappa shape index (κ3) is 3.67. The summed E-state index contributed by atoms with van der Waals surface area (Å²) in [5.41, 5.74) is 0.854. The number of rotatable bonds is 4. The van der Waals surface area contributed by atoms with Gasteiger partial charge in [0.15, 0.2) is 0 Å². The molecule has 0 aromatic heterocycles. The van der Waals surface area contributed by atoms with Crippen molar-refractivity contribution in [1.82, 2.24) is 0 Å². The Hall–Kier alpha value is -0.740. The molecule has 0 N–H and O–H groups in total. The minimum Gasteiger partial charge on any atom is -0.489 e. The quantitative estimate of drug-likeness (QED) is 0.779. The highest BCUT2D eigenvalue weighted by atomic mass is 35.7. The number of aryl methyl sites for hydroxylation is 1. The van der Waals surface area contributed by atoms with Crippen molar-refractivity contribution in [3.8, 4) is 5.75 Å². The molecule has 2 rings (SSSR count). The van der Waals surface area contributed by atoms with E-state index in [2.05, 4.69) is 6.92 Å². The molecule has 1 aromatic rings. The van der Waals surface area contributed by atoms with Crippen LogP contribution in [0.1, 0.15) is 44.6 Å². The lowest BCUT2D eigenvalue weighted by Gasteiger charge is -2.31. The molecule has 5 heteroatoms. The van der Waals surface area contributed by atoms with Gasteiger partial charge in [0.2, 0.25) is 0 Å². The molecule has 112 valence electrons. The lowest BCUT2D eigenvalue weighted by atomic mass is 9.85. The fourth-order valence-electron chi connectivity index (χ4n) is 2.86. The van der Waals surface area contributed by atoms with Crippen LogP contribution in [0.25, 0.3) is 0 Å². The molecular formula is C15H21ClO3S. The van der Waals surface area contributed by atoms with Crippen LogP contribution >= 0.6 is 10.7 Å². The van der Waals surface area contributed by atoms with Crippen molar-refractivity contribution >= 4 is 19.7 Å². The van der Waals surface area contributed by atoms with Crippen LogP contribution in [-0.2, 0) is 9.05 Å². The van der Waals surface area contributed by atoms with Gasteiger partial charge < -0.3 is 4.74 Å². The van der Waals surface area contributed by atoms with Crippen molar-refractivity contribution in [2.75, 3.05) is 0 Å². The van der Waals surface area contributed by atoms with Crippen molar-refractivity contribution in [2.45, 2.75) is 57.0 Å². The Labute approximate surface area is 125 Å². The van der Waals surface area contributed by atoms with Crippen LogP contribution in [0.5, 0.6) is 5.75 Å². The molecule has 1 saturated carbocycles. The summed E-state index contributed by atoms with van der Waals surface area (Å²) in [6.07, 6.45) is 5.64. The molecule has 0 spiro atoms. The topological polar surface area (TPSA) is 43.4 Å². The molecule has 1 fully saturated rings. The second-order valence-corrected chi connectivity index (χ2v) is 8.03. The molecule has 3 nitrogen and oxygen atoms in total. The van der Waals surface area contributed by atoms with Gasteiger partial charge >= 0.3 is 0 Å². The first-order chi connectivity index (χ1) is 9.41. The highest BCUT2D eigenvalue weighted by molar-refractivity contribution is 8.13. The molecule has 0 saturated heterocycles. The molecule has 0 aliphatic heterocycles. The molecule has 2 unspecified atom stereocenters. The van der Waals surface area contributed by atoms with Crippen LogP contribution in [0.4, 0.5) is 0 Å². The third-order valence-electron chi connectivity index (χ3n) is 4.00. The molecular weight excluding hydrogens is 296 g/mol. The fourth-order valence-corrected chi connectivity index (χ4v) is 3.91. The molecule has 1 aliphatic carbocycles. The van der Waals surface area contributed by atoms with Crippen molar-refractivity contribution in [3.05, 3.63) is 23.8 Å². The van der Waals surface area contributed by atoms with E-state index in [1.165, 1.54) is 6.42 Å². The normalized spacial score (nSPS) is 23.6. The van der Waals surface area contributed by atoms with Crippen molar-refractivity contribution in [1.29, 1.82) is 0 Å². The summed E-state index contributed by atoms with van der Waals surface area (Å²) in [5.74, 6) is 0.881. The molecule has 0 heterocycles. The standard InChI is InChI=1S/C15H21ClO3S/c1-3-12-6-4-5-7-13(12)19-14-9-8-11(2)10-15(14)20(16,17)18/h8-10,12-13H,3-7H2,1-2H3. The molecule has 2 atom stereocenters. The second kappa shape index (κ2) is 6.35. The van der Waals surface area contributed by atoms with E-state index in [1.54, 1.807) is 12.1 Å². The fraction of sp³-hybridized carbons (Fsp3) is 0.600. The SMILES string of the molecule is CCC1CCCCC1Oc1ccc(C)cc1S(=O)(=O)Cl. The largest absolute Gasteiger partial charge is 0.489 e. The predicted molar refractivity (Wildman–Crippen MR) is 80.9 cm³/mol. The first-order valence-electron chi connectivity index (χ1n) is 7.13. The maximum absolute atomic E-state index is 11.7. The molecule has 1 aliphatic rings. The van der Waals surface area contributed by atoms with Crippen LogP contribution in [0.15, 0.2) is 23.1 Å². The van der Waals surface area contributed by atoms with Gasteiger partial charge in [-0.3, -0.25) is 0 Å². The number of ether oxygens (including phenoxy) is 1. The average molecular weight is 317 g/mol. The summed E-state index contributed by atoms with van der Waals surface area (Å²) in [6.45, 7) is 3.99. The summed E-state index contributed by atoms with van der Waals surface area (Å²) in [5, 5.41) is 0. The highest BCUT2D eigenvalue weighted by Crippen LogP contribution is 2.34. The Kier molecular flexibility index (Phi) is 4.97. The van der Waals surface area contributed by atoms with Gasteiger partial charge in [0.25, 0.3) is 9.05 Å². The first kappa shape index (κ1) is 15.6. The maximum atomic E-state index is 11.7. The van der Waals surface area contributed by atoms with Gasteiger partial charge in [-0.1, -0.05) is 19.4 Å². The van der Waals surface area contributed by atoms with Crippen molar-refractivity contribution < 1.29 is 13.2 Å². The van der Waals surface area contributed by atoms with E-state index in [1.807, 2.05) is 13.0 Å². The van der Waals surface area contributed by atoms with Crippen molar-refractivity contribution in [3.63, 3.8) is 0 Å². The van der Waals surface area contributed by atoms with Gasteiger partial charge in [0, 0.05) is 10.7 Å². The maximum Gasteiger partial charge on any atom is 0.264 e. The summed E-state index contributed by atoms with van der Waals surface area (Å²) < 4.78 is 29.4. The lowest BCUT2D eigenvalue weighted by molar-refractivity contribution is 0.0875. The predicted octanol–water partition coefficient (Wildman–Crippen LogP) is 4.27. The molecule has 0 bridgehead atoms. The van der Waals surface area contributed by atoms with E-state index >= 15 is 0 Å². The summed E-state index contributed by atoms with van der Waals surface area (Å²) in [6, 6.07) is 5.14. The van der Waals surface area contributed by atoms with E-state index in [-0.39, 0.29) is 11.0 Å². The van der Waals surface area contributed by atoms with E-state index in [4.69, 9.17) is 15.4 Å². The number of halogens is 1. The molecule has 0 amide bonds. The highest BCUT2D eigenvalue weighted by Gasteiger charge is 2.27. The van der Waals surface area contributed by atoms with E-state index in [0.29, 0.717) is 11.7 Å². The van der Waals surface area contributed by atoms with Crippen LogP contribution < -0.4 is 4.74 Å². The van der Waals surface area contributed by atoms with Crippen LogP contribution in [-0.4, -0.2) is 14.5 Å². The van der Waals surface area contributed by atoms with E-state index in [9.17, 15) is 8.42 Å². The van der Waals surface area contributed by atoms with E-state index in [0.717, 1.165) is 31.2 Å². The Bertz CT molecular complexity index is 568. The van der Waals surface area contributed by atoms with Crippen LogP contribution in [0, 0.1) is 12.8 Å². The van der Waals surface area contributed by atoms with Crippen molar-refractivity contribution in [2.24, 2.45) is 5.92 Å². The lowest BCUT2D eigenvalue weighted by Crippen LogP contribution is -2.30. The number of benzene rings is 1. The third-order valence-corrected chi connectivity index (χ3v) is 5.35. The van der Waals surface area contributed by atoms with Gasteiger partial charge in [-0.15, -0.1) is 0 Å². The molecule has 20 heavy (non-hydrogen) atoms. The average Bonchev–Trinajstić information content (AvgIpc) is 2.40. The van der Waals surface area contributed by atoms with Crippen LogP contribution in [0.2, 0.25) is 0 Å². The van der Waals surface area contributed by atoms with E-state index < -0.39 is 9.05 Å². The van der Waals surface area contributed by atoms with Gasteiger partial charge in [-0.2, -0.15) is 0 Å². The zero-order chi connectivity index (χ0) is 14.8.